The summed E-state index contributed by atoms with van der Waals surface area (Å²) in [6.07, 6.45) is 0. The normalized spacial score (nSPS) is 11.5. The first-order valence-electron chi connectivity index (χ1n) is 15.7. The van der Waals surface area contributed by atoms with Gasteiger partial charge in [0.1, 0.15) is 11.2 Å². The Bertz CT molecular complexity index is 2510. The van der Waals surface area contributed by atoms with Crippen molar-refractivity contribution < 1.29 is 4.42 Å². The van der Waals surface area contributed by atoms with Crippen LogP contribution in [0.3, 0.4) is 0 Å². The van der Waals surface area contributed by atoms with E-state index in [1.807, 2.05) is 6.07 Å². The maximum atomic E-state index is 6.46. The second-order valence-electron chi connectivity index (χ2n) is 11.8. The highest BCUT2D eigenvalue weighted by atomic mass is 16.3. The fourth-order valence-corrected chi connectivity index (χ4v) is 6.82. The van der Waals surface area contributed by atoms with E-state index in [0.29, 0.717) is 0 Å². The van der Waals surface area contributed by atoms with Crippen molar-refractivity contribution in [3.8, 4) is 22.3 Å². The SMILES string of the molecule is c1ccc(-c2ccc(-c3cc4oc5ccccc5c4c4ccc(N(c5ccccc5)c5ccc6ccccc6c5)cc34)cc2)cc1. The number of para-hydroxylation sites is 2. The van der Waals surface area contributed by atoms with Gasteiger partial charge in [-0.3, -0.25) is 0 Å². The molecule has 9 aromatic rings. The van der Waals surface area contributed by atoms with Gasteiger partial charge in [-0.2, -0.15) is 0 Å². The van der Waals surface area contributed by atoms with Crippen LogP contribution in [-0.4, -0.2) is 0 Å². The molecule has 0 bridgehead atoms. The molecule has 0 fully saturated rings. The number of furan rings is 1. The molecule has 46 heavy (non-hydrogen) atoms. The lowest BCUT2D eigenvalue weighted by Crippen LogP contribution is -2.09. The summed E-state index contributed by atoms with van der Waals surface area (Å²) in [4.78, 5) is 2.35. The van der Waals surface area contributed by atoms with E-state index in [9.17, 15) is 0 Å². The summed E-state index contributed by atoms with van der Waals surface area (Å²) in [5.41, 5.74) is 9.85. The summed E-state index contributed by atoms with van der Waals surface area (Å²) in [6.45, 7) is 0. The minimum atomic E-state index is 0.901. The van der Waals surface area contributed by atoms with Crippen molar-refractivity contribution in [3.05, 3.63) is 176 Å². The minimum Gasteiger partial charge on any atom is -0.456 e. The number of fused-ring (bicyclic) bond motifs is 6. The molecule has 8 aromatic carbocycles. The highest BCUT2D eigenvalue weighted by molar-refractivity contribution is 6.22. The lowest BCUT2D eigenvalue weighted by atomic mass is 9.93. The summed E-state index contributed by atoms with van der Waals surface area (Å²) in [5.74, 6) is 0. The summed E-state index contributed by atoms with van der Waals surface area (Å²) >= 11 is 0. The minimum absolute atomic E-state index is 0.901. The Morgan fingerprint density at radius 3 is 1.80 bits per heavy atom. The molecule has 2 heteroatoms. The van der Waals surface area contributed by atoms with E-state index in [4.69, 9.17) is 4.42 Å². The molecule has 0 aliphatic heterocycles. The second-order valence-corrected chi connectivity index (χ2v) is 11.8. The third kappa shape index (κ3) is 4.43. The van der Waals surface area contributed by atoms with Gasteiger partial charge in [0, 0.05) is 27.8 Å². The molecule has 0 unspecified atom stereocenters. The van der Waals surface area contributed by atoms with Crippen LogP contribution in [-0.2, 0) is 0 Å². The van der Waals surface area contributed by atoms with Crippen LogP contribution in [0.15, 0.2) is 180 Å². The first kappa shape index (κ1) is 26.3. The van der Waals surface area contributed by atoms with Crippen molar-refractivity contribution in [1.29, 1.82) is 0 Å². The van der Waals surface area contributed by atoms with Gasteiger partial charge in [-0.1, -0.05) is 127 Å². The number of anilines is 3. The van der Waals surface area contributed by atoms with Gasteiger partial charge in [-0.15, -0.1) is 0 Å². The summed E-state index contributed by atoms with van der Waals surface area (Å²) in [6, 6.07) is 62.7. The van der Waals surface area contributed by atoms with E-state index < -0.39 is 0 Å². The van der Waals surface area contributed by atoms with Gasteiger partial charge in [-0.25, -0.2) is 0 Å². The monoisotopic (exact) mass is 587 g/mol. The first-order valence-corrected chi connectivity index (χ1v) is 15.7. The Morgan fingerprint density at radius 2 is 0.978 bits per heavy atom. The lowest BCUT2D eigenvalue weighted by molar-refractivity contribution is 0.669. The molecule has 0 aliphatic carbocycles. The number of hydrogen-bond donors (Lipinski definition) is 0. The van der Waals surface area contributed by atoms with Gasteiger partial charge in [-0.05, 0) is 92.3 Å². The Kier molecular flexibility index (Phi) is 6.17. The lowest BCUT2D eigenvalue weighted by Gasteiger charge is -2.26. The smallest absolute Gasteiger partial charge is 0.136 e. The van der Waals surface area contributed by atoms with Gasteiger partial charge in [0.15, 0.2) is 0 Å². The quantitative estimate of drug-likeness (QED) is 0.199. The van der Waals surface area contributed by atoms with Crippen LogP contribution in [0, 0.1) is 0 Å². The Balaban J connectivity index is 1.29. The summed E-state index contributed by atoms with van der Waals surface area (Å²) in [5, 5.41) is 7.10. The molecular formula is C44H29NO. The standard InChI is InChI=1S/C44H29NO/c1-3-11-30(12-4-1)32-19-21-33(22-20-32)40-29-43-44(39-17-9-10-18-42(39)46-43)38-26-25-37(28-41(38)40)45(35-15-5-2-6-16-35)36-24-23-31-13-7-8-14-34(31)27-36/h1-29H. The zero-order valence-electron chi connectivity index (χ0n) is 25.1. The fourth-order valence-electron chi connectivity index (χ4n) is 6.82. The molecule has 0 spiro atoms. The predicted molar refractivity (Wildman–Crippen MR) is 194 cm³/mol. The molecule has 2 nitrogen and oxygen atoms in total. The van der Waals surface area contributed by atoms with Crippen LogP contribution >= 0.6 is 0 Å². The van der Waals surface area contributed by atoms with E-state index in [-0.39, 0.29) is 0 Å². The maximum Gasteiger partial charge on any atom is 0.136 e. The van der Waals surface area contributed by atoms with E-state index in [0.717, 1.165) is 50.1 Å². The molecule has 1 aromatic heterocycles. The van der Waals surface area contributed by atoms with Crippen LogP contribution in [0.4, 0.5) is 17.1 Å². The van der Waals surface area contributed by atoms with Crippen molar-refractivity contribution >= 4 is 60.5 Å². The summed E-state index contributed by atoms with van der Waals surface area (Å²) < 4.78 is 6.46. The van der Waals surface area contributed by atoms with Gasteiger partial charge in [0.25, 0.3) is 0 Å². The van der Waals surface area contributed by atoms with Crippen molar-refractivity contribution in [2.75, 3.05) is 4.90 Å². The van der Waals surface area contributed by atoms with Gasteiger partial charge >= 0.3 is 0 Å². The Morgan fingerprint density at radius 1 is 0.348 bits per heavy atom. The van der Waals surface area contributed by atoms with Gasteiger partial charge < -0.3 is 9.32 Å². The molecule has 9 rings (SSSR count). The molecule has 216 valence electrons. The largest absolute Gasteiger partial charge is 0.456 e. The van der Waals surface area contributed by atoms with Crippen LogP contribution < -0.4 is 4.90 Å². The van der Waals surface area contributed by atoms with Crippen molar-refractivity contribution in [1.82, 2.24) is 0 Å². The molecule has 0 atom stereocenters. The number of nitrogens with zero attached hydrogens (tertiary/aromatic N) is 1. The summed E-state index contributed by atoms with van der Waals surface area (Å²) in [7, 11) is 0. The zero-order valence-corrected chi connectivity index (χ0v) is 25.1. The number of hydrogen-bond acceptors (Lipinski definition) is 2. The maximum absolute atomic E-state index is 6.46. The Hall–Kier alpha value is -6.12. The van der Waals surface area contributed by atoms with Gasteiger partial charge in [0.2, 0.25) is 0 Å². The van der Waals surface area contributed by atoms with Crippen LogP contribution in [0.2, 0.25) is 0 Å². The van der Waals surface area contributed by atoms with Crippen molar-refractivity contribution in [3.63, 3.8) is 0 Å². The van der Waals surface area contributed by atoms with Crippen molar-refractivity contribution in [2.45, 2.75) is 0 Å². The molecule has 1 heterocycles. The number of rotatable bonds is 5. The average Bonchev–Trinajstić information content (AvgIpc) is 3.51. The average molecular weight is 588 g/mol. The molecule has 0 saturated heterocycles. The molecule has 0 saturated carbocycles. The molecular weight excluding hydrogens is 558 g/mol. The van der Waals surface area contributed by atoms with Crippen LogP contribution in [0.5, 0.6) is 0 Å². The first-order chi connectivity index (χ1) is 22.8. The number of benzene rings is 8. The second kappa shape index (κ2) is 10.8. The Labute approximate surface area is 267 Å². The van der Waals surface area contributed by atoms with E-state index in [2.05, 4.69) is 175 Å². The molecule has 0 radical (unpaired) electrons. The molecule has 0 N–H and O–H groups in total. The zero-order chi connectivity index (χ0) is 30.5. The van der Waals surface area contributed by atoms with Crippen LogP contribution in [0.25, 0.3) is 65.7 Å². The fraction of sp³-hybridized carbons (Fsp3) is 0. The van der Waals surface area contributed by atoms with Gasteiger partial charge in [0.05, 0.1) is 0 Å². The van der Waals surface area contributed by atoms with E-state index in [1.165, 1.54) is 32.7 Å². The third-order valence-electron chi connectivity index (χ3n) is 9.03. The van der Waals surface area contributed by atoms with E-state index in [1.54, 1.807) is 0 Å². The highest BCUT2D eigenvalue weighted by Gasteiger charge is 2.19. The molecule has 0 aliphatic rings. The van der Waals surface area contributed by atoms with E-state index >= 15 is 0 Å². The topological polar surface area (TPSA) is 16.4 Å². The molecule has 0 amide bonds. The third-order valence-corrected chi connectivity index (χ3v) is 9.03. The highest BCUT2D eigenvalue weighted by Crippen LogP contribution is 2.44. The van der Waals surface area contributed by atoms with Crippen molar-refractivity contribution in [2.24, 2.45) is 0 Å². The predicted octanol–water partition coefficient (Wildman–Crippen LogP) is 12.7. The van der Waals surface area contributed by atoms with Crippen LogP contribution in [0.1, 0.15) is 0 Å².